The molecule has 0 radical (unpaired) electrons. The van der Waals surface area contributed by atoms with Crippen molar-refractivity contribution in [3.63, 3.8) is 0 Å². The smallest absolute Gasteiger partial charge is 0.348 e. The summed E-state index contributed by atoms with van der Waals surface area (Å²) in [6.07, 6.45) is 0. The van der Waals surface area contributed by atoms with E-state index in [1.807, 2.05) is 43.5 Å². The van der Waals surface area contributed by atoms with E-state index in [9.17, 15) is 14.4 Å². The summed E-state index contributed by atoms with van der Waals surface area (Å²) in [5.41, 5.74) is 2.70. The van der Waals surface area contributed by atoms with Gasteiger partial charge in [-0.1, -0.05) is 23.9 Å². The highest BCUT2D eigenvalue weighted by Crippen LogP contribution is 2.34. The Bertz CT molecular complexity index is 1320. The Kier molecular flexibility index (Phi) is 10.3. The molecule has 38 heavy (non-hydrogen) atoms. The second kappa shape index (κ2) is 13.4. The number of nitrogens with one attached hydrogen (secondary N) is 1. The number of carbonyl (C=O) groups excluding carboxylic acids is 3. The number of esters is 2. The summed E-state index contributed by atoms with van der Waals surface area (Å²) in [6.45, 7) is 12.2. The summed E-state index contributed by atoms with van der Waals surface area (Å²) < 4.78 is 18.1. The number of amides is 1. The molecule has 2 heterocycles. The zero-order valence-electron chi connectivity index (χ0n) is 22.4. The van der Waals surface area contributed by atoms with Crippen LogP contribution in [0.5, 0.6) is 5.75 Å². The van der Waals surface area contributed by atoms with Gasteiger partial charge in [-0.05, 0) is 64.3 Å². The van der Waals surface area contributed by atoms with Gasteiger partial charge in [0.1, 0.15) is 22.2 Å². The minimum atomic E-state index is -0.612. The van der Waals surface area contributed by atoms with Crippen LogP contribution < -0.4 is 10.1 Å². The lowest BCUT2D eigenvalue weighted by atomic mass is 10.1. The maximum Gasteiger partial charge on any atom is 0.348 e. The molecule has 204 valence electrons. The van der Waals surface area contributed by atoms with Crippen LogP contribution >= 0.6 is 23.1 Å². The lowest BCUT2D eigenvalue weighted by Crippen LogP contribution is -2.17. The Morgan fingerprint density at radius 2 is 1.74 bits per heavy atom. The highest BCUT2D eigenvalue weighted by atomic mass is 32.2. The predicted molar refractivity (Wildman–Crippen MR) is 146 cm³/mol. The molecule has 0 fully saturated rings. The number of nitrogens with zero attached hydrogens (tertiary/aromatic N) is 3. The largest absolute Gasteiger partial charge is 0.485 e. The van der Waals surface area contributed by atoms with Crippen LogP contribution in [0, 0.1) is 20.8 Å². The highest BCUT2D eigenvalue weighted by molar-refractivity contribution is 7.99. The summed E-state index contributed by atoms with van der Waals surface area (Å²) in [6, 6.07) is 6.01. The van der Waals surface area contributed by atoms with Crippen molar-refractivity contribution < 1.29 is 28.6 Å². The molecule has 3 aromatic rings. The molecule has 2 aromatic heterocycles. The molecule has 0 spiro atoms. The van der Waals surface area contributed by atoms with Crippen molar-refractivity contribution in [2.45, 2.75) is 59.9 Å². The van der Waals surface area contributed by atoms with Crippen molar-refractivity contribution in [2.24, 2.45) is 0 Å². The normalized spacial score (nSPS) is 10.8. The topological polar surface area (TPSA) is 122 Å². The predicted octanol–water partition coefficient (Wildman–Crippen LogP) is 4.95. The minimum Gasteiger partial charge on any atom is -0.485 e. The molecule has 12 heteroatoms. The van der Waals surface area contributed by atoms with Gasteiger partial charge in [-0.2, -0.15) is 0 Å². The third kappa shape index (κ3) is 6.93. The fourth-order valence-corrected chi connectivity index (χ4v) is 5.52. The number of ether oxygens (including phenoxy) is 3. The van der Waals surface area contributed by atoms with Gasteiger partial charge in [-0.25, -0.2) is 9.59 Å². The van der Waals surface area contributed by atoms with E-state index in [0.717, 1.165) is 28.2 Å². The molecule has 0 saturated carbocycles. The Morgan fingerprint density at radius 3 is 2.42 bits per heavy atom. The van der Waals surface area contributed by atoms with Gasteiger partial charge in [0.25, 0.3) is 0 Å². The first-order valence-electron chi connectivity index (χ1n) is 12.2. The number of hydrogen-bond donors (Lipinski definition) is 1. The molecule has 0 aliphatic rings. The lowest BCUT2D eigenvalue weighted by molar-refractivity contribution is -0.113. The number of rotatable bonds is 12. The average molecular weight is 561 g/mol. The zero-order chi connectivity index (χ0) is 27.8. The number of hydrogen-bond acceptors (Lipinski definition) is 10. The van der Waals surface area contributed by atoms with Crippen molar-refractivity contribution >= 4 is 45.9 Å². The standard InChI is InChI=1S/C26H32N4O6S2/c1-7-30-19(13-36-18-12-15(4)10-11-16(18)5)28-29-26(30)37-14-20(31)27-23-21(24(32)34-8-2)17(6)22(38-23)25(33)35-9-3/h10-12H,7-9,13-14H2,1-6H3,(H,27,31). The molecule has 0 unspecified atom stereocenters. The van der Waals surface area contributed by atoms with Gasteiger partial charge in [-0.3, -0.25) is 4.79 Å². The molecule has 1 amide bonds. The summed E-state index contributed by atoms with van der Waals surface area (Å²) in [5, 5.41) is 12.0. The van der Waals surface area contributed by atoms with Crippen LogP contribution in [0.4, 0.5) is 5.00 Å². The van der Waals surface area contributed by atoms with Gasteiger partial charge in [0, 0.05) is 6.54 Å². The van der Waals surface area contributed by atoms with Crippen LogP contribution in [-0.2, 0) is 27.4 Å². The highest BCUT2D eigenvalue weighted by Gasteiger charge is 2.27. The number of benzene rings is 1. The average Bonchev–Trinajstić information content (AvgIpc) is 3.43. The zero-order valence-corrected chi connectivity index (χ0v) is 24.0. The van der Waals surface area contributed by atoms with E-state index in [2.05, 4.69) is 15.5 Å². The van der Waals surface area contributed by atoms with Crippen LogP contribution in [0.1, 0.15) is 63.3 Å². The molecule has 10 nitrogen and oxygen atoms in total. The van der Waals surface area contributed by atoms with Gasteiger partial charge < -0.3 is 24.1 Å². The Labute approximate surface area is 230 Å². The van der Waals surface area contributed by atoms with Crippen molar-refractivity contribution in [1.82, 2.24) is 14.8 Å². The number of thiophene rings is 1. The summed E-state index contributed by atoms with van der Waals surface area (Å²) in [7, 11) is 0. The van der Waals surface area contributed by atoms with Crippen LogP contribution in [0.2, 0.25) is 0 Å². The second-order valence-electron chi connectivity index (χ2n) is 8.24. The van der Waals surface area contributed by atoms with Gasteiger partial charge >= 0.3 is 11.9 Å². The van der Waals surface area contributed by atoms with Gasteiger partial charge in [0.05, 0.1) is 24.5 Å². The lowest BCUT2D eigenvalue weighted by Gasteiger charge is -2.11. The maximum absolute atomic E-state index is 12.8. The molecular formula is C26H32N4O6S2. The number of anilines is 1. The Morgan fingerprint density at radius 1 is 1.03 bits per heavy atom. The van der Waals surface area contributed by atoms with Crippen LogP contribution in [0.25, 0.3) is 0 Å². The third-order valence-corrected chi connectivity index (χ3v) is 7.64. The van der Waals surface area contributed by atoms with Crippen LogP contribution in [-0.4, -0.2) is 51.6 Å². The quantitative estimate of drug-likeness (QED) is 0.242. The molecule has 0 atom stereocenters. The first-order valence-corrected chi connectivity index (χ1v) is 14.0. The van der Waals surface area contributed by atoms with E-state index in [0.29, 0.717) is 23.1 Å². The summed E-state index contributed by atoms with van der Waals surface area (Å²) in [5.74, 6) is -0.0785. The van der Waals surface area contributed by atoms with Gasteiger partial charge in [0.2, 0.25) is 5.91 Å². The Hall–Kier alpha value is -3.38. The molecule has 3 rings (SSSR count). The van der Waals surface area contributed by atoms with E-state index in [1.54, 1.807) is 20.8 Å². The van der Waals surface area contributed by atoms with E-state index in [-0.39, 0.29) is 46.9 Å². The number of thioether (sulfide) groups is 1. The maximum atomic E-state index is 12.8. The van der Waals surface area contributed by atoms with E-state index in [4.69, 9.17) is 14.2 Å². The van der Waals surface area contributed by atoms with E-state index in [1.165, 1.54) is 11.8 Å². The molecule has 0 aliphatic heterocycles. The summed E-state index contributed by atoms with van der Waals surface area (Å²) in [4.78, 5) is 38.0. The van der Waals surface area contributed by atoms with Crippen molar-refractivity contribution in [1.29, 1.82) is 0 Å². The van der Waals surface area contributed by atoms with Gasteiger partial charge in [0.15, 0.2) is 11.0 Å². The molecule has 0 bridgehead atoms. The molecule has 1 aromatic carbocycles. The van der Waals surface area contributed by atoms with Crippen LogP contribution in [0.3, 0.4) is 0 Å². The fourth-order valence-electron chi connectivity index (χ4n) is 3.59. The van der Waals surface area contributed by atoms with Crippen molar-refractivity contribution in [3.05, 3.63) is 51.2 Å². The van der Waals surface area contributed by atoms with E-state index >= 15 is 0 Å². The van der Waals surface area contributed by atoms with Gasteiger partial charge in [-0.15, -0.1) is 21.5 Å². The van der Waals surface area contributed by atoms with E-state index < -0.39 is 11.9 Å². The Balaban J connectivity index is 1.70. The second-order valence-corrected chi connectivity index (χ2v) is 10.2. The van der Waals surface area contributed by atoms with Crippen molar-refractivity contribution in [2.75, 3.05) is 24.3 Å². The van der Waals surface area contributed by atoms with Crippen molar-refractivity contribution in [3.8, 4) is 5.75 Å². The first kappa shape index (κ1) is 29.2. The molecule has 1 N–H and O–H groups in total. The monoisotopic (exact) mass is 560 g/mol. The molecule has 0 saturated heterocycles. The third-order valence-electron chi connectivity index (χ3n) is 5.48. The summed E-state index contributed by atoms with van der Waals surface area (Å²) >= 11 is 2.21. The number of aromatic nitrogens is 3. The minimum absolute atomic E-state index is 0.0178. The SMILES string of the molecule is CCOC(=O)c1sc(NC(=O)CSc2nnc(COc3cc(C)ccc3C)n2CC)c(C(=O)OCC)c1C. The number of carbonyl (C=O) groups is 3. The fraction of sp³-hybridized carbons (Fsp3) is 0.423. The molecule has 0 aliphatic carbocycles. The van der Waals surface area contributed by atoms with Crippen LogP contribution in [0.15, 0.2) is 23.4 Å². The molecular weight excluding hydrogens is 528 g/mol. The number of aryl methyl sites for hydroxylation is 2. The first-order chi connectivity index (χ1) is 18.2.